The van der Waals surface area contributed by atoms with Crippen molar-refractivity contribution in [2.24, 2.45) is 5.41 Å². The molecule has 0 bridgehead atoms. The third kappa shape index (κ3) is 4.95. The second-order valence-corrected chi connectivity index (χ2v) is 9.71. The SMILES string of the molecule is CCNC1C(S(=O)(=O)CC(=O)OC(C)(C)C)CCC1(C)C. The number of hydrogen-bond donors (Lipinski definition) is 1. The summed E-state index contributed by atoms with van der Waals surface area (Å²) in [5.74, 6) is -1.20. The highest BCUT2D eigenvalue weighted by Crippen LogP contribution is 2.40. The standard InChI is InChI=1S/C15H29NO4S/c1-7-16-13-11(8-9-15(13,5)6)21(18,19)10-12(17)20-14(2,3)4/h11,13,16H,7-10H2,1-6H3. The monoisotopic (exact) mass is 319 g/mol. The van der Waals surface area contributed by atoms with E-state index >= 15 is 0 Å². The molecule has 2 atom stereocenters. The summed E-state index contributed by atoms with van der Waals surface area (Å²) in [6, 6.07) is -0.116. The van der Waals surface area contributed by atoms with Gasteiger partial charge in [0.15, 0.2) is 9.84 Å². The van der Waals surface area contributed by atoms with Crippen molar-refractivity contribution in [2.75, 3.05) is 12.3 Å². The normalized spacial score (nSPS) is 25.8. The van der Waals surface area contributed by atoms with Gasteiger partial charge in [-0.3, -0.25) is 4.79 Å². The van der Waals surface area contributed by atoms with Gasteiger partial charge in [-0.2, -0.15) is 0 Å². The third-order valence-electron chi connectivity index (χ3n) is 3.91. The number of nitrogens with one attached hydrogen (secondary N) is 1. The first-order chi connectivity index (χ1) is 9.39. The van der Waals surface area contributed by atoms with Gasteiger partial charge in [0.1, 0.15) is 11.4 Å². The van der Waals surface area contributed by atoms with Crippen LogP contribution in [0.4, 0.5) is 0 Å². The Bertz CT molecular complexity index is 476. The molecule has 0 aromatic rings. The quantitative estimate of drug-likeness (QED) is 0.784. The first kappa shape index (κ1) is 18.4. The summed E-state index contributed by atoms with van der Waals surface area (Å²) in [4.78, 5) is 11.8. The number of esters is 1. The number of hydrogen-bond acceptors (Lipinski definition) is 5. The van der Waals surface area contributed by atoms with Crippen molar-refractivity contribution in [3.05, 3.63) is 0 Å². The molecule has 0 heterocycles. The van der Waals surface area contributed by atoms with Crippen LogP contribution in [-0.2, 0) is 19.4 Å². The molecule has 1 N–H and O–H groups in total. The van der Waals surface area contributed by atoms with Crippen molar-refractivity contribution >= 4 is 15.8 Å². The molecule has 21 heavy (non-hydrogen) atoms. The van der Waals surface area contributed by atoms with Crippen molar-refractivity contribution in [2.45, 2.75) is 71.3 Å². The fourth-order valence-corrected chi connectivity index (χ4v) is 4.95. The van der Waals surface area contributed by atoms with Crippen LogP contribution in [0.1, 0.15) is 54.4 Å². The van der Waals surface area contributed by atoms with Crippen LogP contribution >= 0.6 is 0 Å². The molecule has 0 aliphatic heterocycles. The van der Waals surface area contributed by atoms with Gasteiger partial charge in [-0.25, -0.2) is 8.42 Å². The van der Waals surface area contributed by atoms with Gasteiger partial charge in [0.2, 0.25) is 0 Å². The average Bonchev–Trinajstić information content (AvgIpc) is 2.52. The predicted octanol–water partition coefficient (Wildman–Crippen LogP) is 1.91. The lowest BCUT2D eigenvalue weighted by Crippen LogP contribution is -2.48. The number of carbonyl (C=O) groups excluding carboxylic acids is 1. The van der Waals surface area contributed by atoms with Gasteiger partial charge < -0.3 is 10.1 Å². The van der Waals surface area contributed by atoms with E-state index in [2.05, 4.69) is 19.2 Å². The molecule has 0 radical (unpaired) electrons. The highest BCUT2D eigenvalue weighted by atomic mass is 32.2. The average molecular weight is 319 g/mol. The van der Waals surface area contributed by atoms with Crippen LogP contribution in [0.5, 0.6) is 0 Å². The molecule has 5 nitrogen and oxygen atoms in total. The molecule has 2 unspecified atom stereocenters. The summed E-state index contributed by atoms with van der Waals surface area (Å²) in [7, 11) is -3.51. The summed E-state index contributed by atoms with van der Waals surface area (Å²) in [6.45, 7) is 12.0. The van der Waals surface area contributed by atoms with Crippen LogP contribution in [0, 0.1) is 5.41 Å². The Morgan fingerprint density at radius 2 is 1.90 bits per heavy atom. The van der Waals surface area contributed by atoms with Crippen molar-refractivity contribution in [1.82, 2.24) is 5.32 Å². The highest BCUT2D eigenvalue weighted by Gasteiger charge is 2.48. The van der Waals surface area contributed by atoms with E-state index in [1.165, 1.54) is 0 Å². The molecule has 1 rings (SSSR count). The van der Waals surface area contributed by atoms with E-state index in [0.717, 1.165) is 6.42 Å². The van der Waals surface area contributed by atoms with Crippen LogP contribution in [0.25, 0.3) is 0 Å². The van der Waals surface area contributed by atoms with Crippen LogP contribution in [-0.4, -0.2) is 43.6 Å². The molecule has 0 saturated heterocycles. The van der Waals surface area contributed by atoms with Crippen LogP contribution in [0.2, 0.25) is 0 Å². The largest absolute Gasteiger partial charge is 0.459 e. The molecule has 1 aliphatic rings. The van der Waals surface area contributed by atoms with E-state index in [1.807, 2.05) is 6.92 Å². The lowest BCUT2D eigenvalue weighted by atomic mass is 9.87. The zero-order valence-corrected chi connectivity index (χ0v) is 14.8. The summed E-state index contributed by atoms with van der Waals surface area (Å²) in [5, 5.41) is 2.77. The lowest BCUT2D eigenvalue weighted by Gasteiger charge is -2.31. The minimum Gasteiger partial charge on any atom is -0.459 e. The zero-order valence-electron chi connectivity index (χ0n) is 14.0. The van der Waals surface area contributed by atoms with E-state index in [9.17, 15) is 13.2 Å². The molecule has 1 saturated carbocycles. The number of sulfone groups is 1. The van der Waals surface area contributed by atoms with Crippen LogP contribution in [0.15, 0.2) is 0 Å². The van der Waals surface area contributed by atoms with E-state index in [1.54, 1.807) is 20.8 Å². The lowest BCUT2D eigenvalue weighted by molar-refractivity contribution is -0.151. The molecule has 0 amide bonds. The van der Waals surface area contributed by atoms with Gasteiger partial charge in [-0.05, 0) is 45.6 Å². The van der Waals surface area contributed by atoms with E-state index < -0.39 is 32.4 Å². The molecule has 0 spiro atoms. The fourth-order valence-electron chi connectivity index (χ4n) is 3.00. The second-order valence-electron chi connectivity index (χ2n) is 7.49. The van der Waals surface area contributed by atoms with E-state index in [0.29, 0.717) is 13.0 Å². The smallest absolute Gasteiger partial charge is 0.321 e. The second kappa shape index (κ2) is 6.24. The number of rotatable bonds is 5. The van der Waals surface area contributed by atoms with Crippen molar-refractivity contribution in [1.29, 1.82) is 0 Å². The maximum absolute atomic E-state index is 12.6. The Morgan fingerprint density at radius 3 is 2.38 bits per heavy atom. The molecular formula is C15H29NO4S. The molecule has 0 aromatic heterocycles. The van der Waals surface area contributed by atoms with Gasteiger partial charge in [0.25, 0.3) is 0 Å². The topological polar surface area (TPSA) is 72.5 Å². The van der Waals surface area contributed by atoms with Crippen molar-refractivity contribution < 1.29 is 17.9 Å². The maximum Gasteiger partial charge on any atom is 0.321 e. The fraction of sp³-hybridized carbons (Fsp3) is 0.933. The number of ether oxygens (including phenoxy) is 1. The van der Waals surface area contributed by atoms with Gasteiger partial charge in [-0.1, -0.05) is 20.8 Å². The van der Waals surface area contributed by atoms with Gasteiger partial charge in [-0.15, -0.1) is 0 Å². The Balaban J connectivity index is 2.85. The molecule has 0 aromatic carbocycles. The van der Waals surface area contributed by atoms with Gasteiger partial charge >= 0.3 is 5.97 Å². The number of carbonyl (C=O) groups is 1. The highest BCUT2D eigenvalue weighted by molar-refractivity contribution is 7.92. The van der Waals surface area contributed by atoms with Crippen LogP contribution in [0.3, 0.4) is 0 Å². The summed E-state index contributed by atoms with van der Waals surface area (Å²) >= 11 is 0. The van der Waals surface area contributed by atoms with Gasteiger partial charge in [0, 0.05) is 6.04 Å². The maximum atomic E-state index is 12.6. The van der Waals surface area contributed by atoms with Crippen molar-refractivity contribution in [3.8, 4) is 0 Å². The van der Waals surface area contributed by atoms with Crippen LogP contribution < -0.4 is 5.32 Å². The molecule has 1 fully saturated rings. The summed E-state index contributed by atoms with van der Waals surface area (Å²) in [5.41, 5.74) is -0.746. The molecule has 6 heteroatoms. The first-order valence-corrected chi connectivity index (χ1v) is 9.27. The summed E-state index contributed by atoms with van der Waals surface area (Å²) < 4.78 is 30.3. The minimum atomic E-state index is -3.51. The Kier molecular flexibility index (Phi) is 5.48. The first-order valence-electron chi connectivity index (χ1n) is 7.56. The molecular weight excluding hydrogens is 290 g/mol. The third-order valence-corrected chi connectivity index (χ3v) is 5.98. The van der Waals surface area contributed by atoms with E-state index in [4.69, 9.17) is 4.74 Å². The molecule has 124 valence electrons. The minimum absolute atomic E-state index is 0.0817. The Hall–Kier alpha value is -0.620. The zero-order chi connectivity index (χ0) is 16.5. The Labute approximate surface area is 128 Å². The van der Waals surface area contributed by atoms with Crippen molar-refractivity contribution in [3.63, 3.8) is 0 Å². The van der Waals surface area contributed by atoms with Gasteiger partial charge in [0.05, 0.1) is 5.25 Å². The van der Waals surface area contributed by atoms with E-state index in [-0.39, 0.29) is 11.5 Å². The predicted molar refractivity (Wildman–Crippen MR) is 83.9 cm³/mol. The molecule has 1 aliphatic carbocycles. The summed E-state index contributed by atoms with van der Waals surface area (Å²) in [6.07, 6.45) is 1.43. The Morgan fingerprint density at radius 1 is 1.33 bits per heavy atom.